The number of amides is 1. The van der Waals surface area contributed by atoms with E-state index in [4.69, 9.17) is 57.0 Å². The fourth-order valence-corrected chi connectivity index (χ4v) is 4.84. The second-order valence-corrected chi connectivity index (χ2v) is 11.6. The second kappa shape index (κ2) is 15.7. The third-order valence-corrected chi connectivity index (χ3v) is 6.96. The van der Waals surface area contributed by atoms with Crippen LogP contribution in [0.4, 0.5) is 0 Å². The molecule has 1 aliphatic heterocycles. The van der Waals surface area contributed by atoms with E-state index >= 15 is 0 Å². The van der Waals surface area contributed by atoms with Crippen LogP contribution in [0.5, 0.6) is 5.75 Å². The molecule has 0 aliphatic carbocycles. The molecule has 0 aromatic heterocycles. The number of aliphatic hydroxyl groups excluding tert-OH is 1. The SMILES string of the molecule is COC(CNNC(=O)[C@@]1(CCC(=O)OC(C)(C)C)N=C(c2ccc(OCCCO)cc2)O[C@H]1c1ccc(Cl)cc1Cl)OC. The number of rotatable bonds is 15. The summed E-state index contributed by atoms with van der Waals surface area (Å²) in [7, 11) is 2.95. The average Bonchev–Trinajstić information content (AvgIpc) is 3.34. The van der Waals surface area contributed by atoms with Crippen LogP contribution < -0.4 is 15.6 Å². The van der Waals surface area contributed by atoms with Gasteiger partial charge in [-0.25, -0.2) is 10.4 Å². The molecule has 13 heteroatoms. The minimum Gasteiger partial charge on any atom is -0.494 e. The zero-order valence-electron chi connectivity index (χ0n) is 24.9. The molecule has 1 aliphatic rings. The molecule has 1 amide bonds. The molecule has 0 bridgehead atoms. The van der Waals surface area contributed by atoms with Gasteiger partial charge in [0.15, 0.2) is 17.9 Å². The number of hydrogen-bond acceptors (Lipinski definition) is 10. The van der Waals surface area contributed by atoms with Crippen molar-refractivity contribution in [3.05, 3.63) is 63.6 Å². The molecule has 0 radical (unpaired) electrons. The maximum absolute atomic E-state index is 14.1. The summed E-state index contributed by atoms with van der Waals surface area (Å²) < 4.78 is 27.9. The summed E-state index contributed by atoms with van der Waals surface area (Å²) in [5.41, 5.74) is 4.16. The molecular weight excluding hydrogens is 601 g/mol. The first-order valence-corrected chi connectivity index (χ1v) is 14.5. The Morgan fingerprint density at radius 2 is 1.81 bits per heavy atom. The van der Waals surface area contributed by atoms with Crippen molar-refractivity contribution in [3.63, 3.8) is 0 Å². The Labute approximate surface area is 261 Å². The Hall–Kier alpha value is -2.93. The van der Waals surface area contributed by atoms with Crippen molar-refractivity contribution in [2.45, 2.75) is 63.6 Å². The number of hydrogen-bond donors (Lipinski definition) is 3. The summed E-state index contributed by atoms with van der Waals surface area (Å²) in [4.78, 5) is 31.7. The lowest BCUT2D eigenvalue weighted by atomic mass is 9.83. The average molecular weight is 641 g/mol. The van der Waals surface area contributed by atoms with E-state index in [2.05, 4.69) is 10.9 Å². The largest absolute Gasteiger partial charge is 0.494 e. The fourth-order valence-electron chi connectivity index (χ4n) is 4.33. The Balaban J connectivity index is 2.04. The van der Waals surface area contributed by atoms with Crippen LogP contribution in [0.1, 0.15) is 57.3 Å². The van der Waals surface area contributed by atoms with Crippen LogP contribution in [0.3, 0.4) is 0 Å². The summed E-state index contributed by atoms with van der Waals surface area (Å²) in [5.74, 6) is -0.307. The number of aliphatic imine (C=N–C) groups is 1. The van der Waals surface area contributed by atoms with Gasteiger partial charge in [0.2, 0.25) is 5.90 Å². The smallest absolute Gasteiger partial charge is 0.306 e. The highest BCUT2D eigenvalue weighted by atomic mass is 35.5. The van der Waals surface area contributed by atoms with E-state index < -0.39 is 35.4 Å². The maximum Gasteiger partial charge on any atom is 0.306 e. The Bertz CT molecular complexity index is 1270. The molecule has 43 heavy (non-hydrogen) atoms. The van der Waals surface area contributed by atoms with Crippen molar-refractivity contribution in [2.24, 2.45) is 4.99 Å². The first kappa shape index (κ1) is 34.6. The third-order valence-electron chi connectivity index (χ3n) is 6.40. The minimum absolute atomic E-state index is 0.0251. The van der Waals surface area contributed by atoms with E-state index in [1.54, 1.807) is 63.2 Å². The summed E-state index contributed by atoms with van der Waals surface area (Å²) in [5, 5.41) is 9.68. The van der Waals surface area contributed by atoms with E-state index in [1.807, 2.05) is 0 Å². The van der Waals surface area contributed by atoms with E-state index in [-0.39, 0.29) is 36.9 Å². The molecule has 0 saturated heterocycles. The van der Waals surface area contributed by atoms with Crippen molar-refractivity contribution in [1.82, 2.24) is 10.9 Å². The molecule has 2 aromatic carbocycles. The third kappa shape index (κ3) is 9.53. The molecule has 11 nitrogen and oxygen atoms in total. The zero-order chi connectivity index (χ0) is 31.6. The van der Waals surface area contributed by atoms with E-state index in [1.165, 1.54) is 14.2 Å². The molecule has 0 spiro atoms. The van der Waals surface area contributed by atoms with Crippen LogP contribution in [-0.2, 0) is 28.5 Å². The molecule has 236 valence electrons. The standard InChI is InChI=1S/C30H39Cl2N3O8/c1-29(2,3)43-24(37)13-14-30(28(38)35-33-18-25(39-4)40-5)26(22-12-9-20(31)17-23(22)32)42-27(34-30)19-7-10-21(11-8-19)41-16-6-15-36/h7-12,17,25-26,33,36H,6,13-16,18H2,1-5H3,(H,35,38)/t26-,30-/m0/s1. The number of nitrogens with zero attached hydrogens (tertiary/aromatic N) is 1. The summed E-state index contributed by atoms with van der Waals surface area (Å²) in [6.07, 6.45) is -1.36. The molecule has 0 fully saturated rings. The van der Waals surface area contributed by atoms with E-state index in [0.717, 1.165) is 0 Å². The number of esters is 1. The van der Waals surface area contributed by atoms with Gasteiger partial charge < -0.3 is 28.8 Å². The van der Waals surface area contributed by atoms with Crippen molar-refractivity contribution in [2.75, 3.05) is 34.0 Å². The van der Waals surface area contributed by atoms with Crippen LogP contribution in [-0.4, -0.2) is 74.3 Å². The number of ether oxygens (including phenoxy) is 5. The molecule has 2 atom stereocenters. The van der Waals surface area contributed by atoms with Gasteiger partial charge in [-0.1, -0.05) is 29.3 Å². The highest BCUT2D eigenvalue weighted by Crippen LogP contribution is 2.45. The Morgan fingerprint density at radius 1 is 1.12 bits per heavy atom. The summed E-state index contributed by atoms with van der Waals surface area (Å²) in [6.45, 7) is 5.81. The molecule has 3 N–H and O–H groups in total. The van der Waals surface area contributed by atoms with Crippen molar-refractivity contribution < 1.29 is 38.4 Å². The van der Waals surface area contributed by atoms with Gasteiger partial charge in [0, 0.05) is 54.8 Å². The van der Waals surface area contributed by atoms with E-state index in [9.17, 15) is 9.59 Å². The van der Waals surface area contributed by atoms with Crippen LogP contribution >= 0.6 is 23.2 Å². The van der Waals surface area contributed by atoms with Gasteiger partial charge >= 0.3 is 5.97 Å². The van der Waals surface area contributed by atoms with Gasteiger partial charge in [0.1, 0.15) is 11.4 Å². The number of aliphatic hydroxyl groups is 1. The van der Waals surface area contributed by atoms with Gasteiger partial charge in [0.05, 0.1) is 13.2 Å². The van der Waals surface area contributed by atoms with Gasteiger partial charge in [-0.2, -0.15) is 0 Å². The number of carbonyl (C=O) groups excluding carboxylic acids is 2. The lowest BCUT2D eigenvalue weighted by Gasteiger charge is -2.31. The van der Waals surface area contributed by atoms with Crippen LogP contribution in [0.15, 0.2) is 47.5 Å². The number of hydrazine groups is 1. The topological polar surface area (TPSA) is 137 Å². The number of nitrogens with one attached hydrogen (secondary N) is 2. The molecular formula is C30H39Cl2N3O8. The molecule has 2 aromatic rings. The van der Waals surface area contributed by atoms with Gasteiger partial charge in [0.25, 0.3) is 5.91 Å². The fraction of sp³-hybridized carbons (Fsp3) is 0.500. The van der Waals surface area contributed by atoms with E-state index in [0.29, 0.717) is 34.9 Å². The predicted molar refractivity (Wildman–Crippen MR) is 162 cm³/mol. The molecule has 0 unspecified atom stereocenters. The van der Waals surface area contributed by atoms with Crippen LogP contribution in [0.25, 0.3) is 0 Å². The van der Waals surface area contributed by atoms with Crippen LogP contribution in [0.2, 0.25) is 10.0 Å². The first-order valence-electron chi connectivity index (χ1n) is 13.8. The monoisotopic (exact) mass is 639 g/mol. The molecule has 1 heterocycles. The quantitative estimate of drug-likeness (QED) is 0.112. The van der Waals surface area contributed by atoms with Gasteiger partial charge in [-0.15, -0.1) is 0 Å². The molecule has 0 saturated carbocycles. The van der Waals surface area contributed by atoms with Crippen LogP contribution in [0, 0.1) is 0 Å². The normalized spacial score (nSPS) is 18.3. The number of carbonyl (C=O) groups is 2. The lowest BCUT2D eigenvalue weighted by Crippen LogP contribution is -2.54. The summed E-state index contributed by atoms with van der Waals surface area (Å²) >= 11 is 12.8. The van der Waals surface area contributed by atoms with Crippen molar-refractivity contribution in [1.29, 1.82) is 0 Å². The zero-order valence-corrected chi connectivity index (χ0v) is 26.5. The first-order chi connectivity index (χ1) is 20.4. The van der Waals surface area contributed by atoms with Crippen molar-refractivity contribution in [3.8, 4) is 5.75 Å². The molecule has 3 rings (SSSR count). The number of benzene rings is 2. The highest BCUT2D eigenvalue weighted by Gasteiger charge is 2.54. The highest BCUT2D eigenvalue weighted by molar-refractivity contribution is 6.35. The predicted octanol–water partition coefficient (Wildman–Crippen LogP) is 4.37. The number of methoxy groups -OCH3 is 2. The van der Waals surface area contributed by atoms with Gasteiger partial charge in [-0.3, -0.25) is 15.0 Å². The Kier molecular flexibility index (Phi) is 12.6. The summed E-state index contributed by atoms with van der Waals surface area (Å²) in [6, 6.07) is 11.8. The van der Waals surface area contributed by atoms with Crippen molar-refractivity contribution >= 4 is 41.0 Å². The lowest BCUT2D eigenvalue weighted by molar-refractivity contribution is -0.155. The minimum atomic E-state index is -1.65. The second-order valence-electron chi connectivity index (χ2n) is 10.8. The maximum atomic E-state index is 14.1. The van der Waals surface area contributed by atoms with Gasteiger partial charge in [-0.05, 0) is 63.6 Å². The number of halogens is 2. The Morgan fingerprint density at radius 3 is 2.42 bits per heavy atom.